The Morgan fingerprint density at radius 1 is 0.897 bits per heavy atom. The molecule has 9 heteroatoms. The SMILES string of the molecule is CO[C@H]1O[C@H](COCc2c(Cl)cccc2Cl)[C@@H](OCc2c(Cl)cccc2Cl)C1=O. The molecule has 2 aromatic rings. The first kappa shape index (κ1) is 22.8. The highest BCUT2D eigenvalue weighted by atomic mass is 35.5. The van der Waals surface area contributed by atoms with Gasteiger partial charge in [-0.1, -0.05) is 58.5 Å². The van der Waals surface area contributed by atoms with Crippen molar-refractivity contribution in [1.82, 2.24) is 0 Å². The van der Waals surface area contributed by atoms with Crippen molar-refractivity contribution in [1.29, 1.82) is 0 Å². The van der Waals surface area contributed by atoms with E-state index in [4.69, 9.17) is 65.4 Å². The van der Waals surface area contributed by atoms with E-state index in [9.17, 15) is 4.79 Å². The van der Waals surface area contributed by atoms with E-state index in [-0.39, 0.29) is 25.6 Å². The number of methoxy groups -OCH3 is 1. The number of Topliss-reactive ketones (excluding diaryl/α,β-unsaturated/α-hetero) is 1. The Bertz CT molecular complexity index is 835. The van der Waals surface area contributed by atoms with E-state index in [1.807, 2.05) is 0 Å². The fourth-order valence-electron chi connectivity index (χ4n) is 2.89. The maximum Gasteiger partial charge on any atom is 0.220 e. The highest BCUT2D eigenvalue weighted by Crippen LogP contribution is 2.29. The first-order valence-corrected chi connectivity index (χ1v) is 10.2. The zero-order chi connectivity index (χ0) is 21.0. The van der Waals surface area contributed by atoms with Crippen molar-refractivity contribution in [2.24, 2.45) is 0 Å². The van der Waals surface area contributed by atoms with Crippen LogP contribution in [-0.4, -0.2) is 38.0 Å². The lowest BCUT2D eigenvalue weighted by Gasteiger charge is -2.19. The maximum absolute atomic E-state index is 12.5. The molecule has 2 aromatic carbocycles. The monoisotopic (exact) mass is 478 g/mol. The average Bonchev–Trinajstić information content (AvgIpc) is 2.99. The molecule has 0 amide bonds. The Kier molecular flexibility index (Phi) is 8.19. The van der Waals surface area contributed by atoms with Gasteiger partial charge in [0.1, 0.15) is 12.2 Å². The summed E-state index contributed by atoms with van der Waals surface area (Å²) in [4.78, 5) is 12.5. The van der Waals surface area contributed by atoms with E-state index in [1.165, 1.54) is 7.11 Å². The Hall–Kier alpha value is -0.890. The first-order chi connectivity index (χ1) is 13.9. The van der Waals surface area contributed by atoms with Crippen molar-refractivity contribution >= 4 is 52.2 Å². The number of ketones is 1. The van der Waals surface area contributed by atoms with Crippen LogP contribution in [0.15, 0.2) is 36.4 Å². The lowest BCUT2D eigenvalue weighted by Crippen LogP contribution is -2.34. The molecule has 5 nitrogen and oxygen atoms in total. The van der Waals surface area contributed by atoms with Gasteiger partial charge in [0.15, 0.2) is 0 Å². The summed E-state index contributed by atoms with van der Waals surface area (Å²) in [5, 5.41) is 1.90. The van der Waals surface area contributed by atoms with Gasteiger partial charge in [-0.2, -0.15) is 0 Å². The van der Waals surface area contributed by atoms with E-state index in [0.717, 1.165) is 0 Å². The van der Waals surface area contributed by atoms with Gasteiger partial charge in [-0.15, -0.1) is 0 Å². The molecule has 0 radical (unpaired) electrons. The standard InChI is InChI=1S/C20H18Cl4O5/c1-26-20-18(25)19(28-9-12-15(23)6-3-7-16(12)24)17(29-20)10-27-8-11-13(21)4-2-5-14(11)22/h2-7,17,19-20H,8-10H2,1H3/t17-,19-,20+/m1/s1. The number of carbonyl (C=O) groups is 1. The molecule has 3 atom stereocenters. The summed E-state index contributed by atoms with van der Waals surface area (Å²) in [6.45, 7) is 0.281. The number of halogens is 4. The summed E-state index contributed by atoms with van der Waals surface area (Å²) < 4.78 is 22.2. The number of rotatable bonds is 8. The fraction of sp³-hybridized carbons (Fsp3) is 0.350. The van der Waals surface area contributed by atoms with Crippen molar-refractivity contribution in [2.45, 2.75) is 31.7 Å². The number of ether oxygens (including phenoxy) is 4. The molecule has 0 spiro atoms. The predicted molar refractivity (Wildman–Crippen MR) is 112 cm³/mol. The number of benzene rings is 2. The molecular weight excluding hydrogens is 462 g/mol. The molecule has 0 bridgehead atoms. The van der Waals surface area contributed by atoms with Crippen LogP contribution in [-0.2, 0) is 37.0 Å². The zero-order valence-corrected chi connectivity index (χ0v) is 18.4. The van der Waals surface area contributed by atoms with Crippen LogP contribution in [0.2, 0.25) is 20.1 Å². The van der Waals surface area contributed by atoms with Crippen LogP contribution in [0.3, 0.4) is 0 Å². The van der Waals surface area contributed by atoms with Crippen molar-refractivity contribution < 1.29 is 23.7 Å². The summed E-state index contributed by atoms with van der Waals surface area (Å²) in [6, 6.07) is 10.3. The quantitative estimate of drug-likeness (QED) is 0.511. The lowest BCUT2D eigenvalue weighted by atomic mass is 10.1. The molecule has 156 valence electrons. The van der Waals surface area contributed by atoms with E-state index in [0.29, 0.717) is 31.2 Å². The van der Waals surface area contributed by atoms with Gasteiger partial charge in [-0.25, -0.2) is 0 Å². The van der Waals surface area contributed by atoms with Gasteiger partial charge >= 0.3 is 0 Å². The molecule has 1 aliphatic rings. The van der Waals surface area contributed by atoms with Crippen LogP contribution in [0.1, 0.15) is 11.1 Å². The van der Waals surface area contributed by atoms with Gasteiger partial charge in [-0.3, -0.25) is 4.79 Å². The molecule has 0 N–H and O–H groups in total. The zero-order valence-electron chi connectivity index (χ0n) is 15.4. The number of hydrogen-bond donors (Lipinski definition) is 0. The third-order valence-electron chi connectivity index (χ3n) is 4.42. The smallest absolute Gasteiger partial charge is 0.220 e. The Morgan fingerprint density at radius 3 is 1.93 bits per heavy atom. The highest BCUT2D eigenvalue weighted by Gasteiger charge is 2.44. The second-order valence-electron chi connectivity index (χ2n) is 6.29. The van der Waals surface area contributed by atoms with Gasteiger partial charge in [-0.05, 0) is 24.3 Å². The van der Waals surface area contributed by atoms with Gasteiger partial charge in [0, 0.05) is 38.3 Å². The first-order valence-electron chi connectivity index (χ1n) is 8.69. The molecule has 1 aliphatic heterocycles. The van der Waals surface area contributed by atoms with Crippen molar-refractivity contribution in [2.75, 3.05) is 13.7 Å². The molecule has 3 rings (SSSR count). The summed E-state index contributed by atoms with van der Waals surface area (Å²) >= 11 is 24.6. The normalized spacial score (nSPS) is 21.7. The summed E-state index contributed by atoms with van der Waals surface area (Å²) in [5.41, 5.74) is 1.25. The van der Waals surface area contributed by atoms with E-state index < -0.39 is 18.5 Å². The van der Waals surface area contributed by atoms with E-state index >= 15 is 0 Å². The molecular formula is C20H18Cl4O5. The minimum Gasteiger partial charge on any atom is -0.374 e. The van der Waals surface area contributed by atoms with Crippen LogP contribution >= 0.6 is 46.4 Å². The van der Waals surface area contributed by atoms with Gasteiger partial charge < -0.3 is 18.9 Å². The second-order valence-corrected chi connectivity index (χ2v) is 7.92. The summed E-state index contributed by atoms with van der Waals surface area (Å²) in [5.74, 6) is -0.333. The molecule has 0 saturated carbocycles. The predicted octanol–water partition coefficient (Wildman–Crippen LogP) is 5.34. The van der Waals surface area contributed by atoms with Crippen molar-refractivity contribution in [3.63, 3.8) is 0 Å². The molecule has 0 aliphatic carbocycles. The third-order valence-corrected chi connectivity index (χ3v) is 5.84. The van der Waals surface area contributed by atoms with E-state index in [1.54, 1.807) is 36.4 Å². The van der Waals surface area contributed by atoms with Crippen LogP contribution in [0.4, 0.5) is 0 Å². The highest BCUT2D eigenvalue weighted by molar-refractivity contribution is 6.36. The Labute approximate surface area is 188 Å². The largest absolute Gasteiger partial charge is 0.374 e. The topological polar surface area (TPSA) is 54.0 Å². The molecule has 1 fully saturated rings. The molecule has 1 heterocycles. The average molecular weight is 480 g/mol. The number of hydrogen-bond acceptors (Lipinski definition) is 5. The molecule has 29 heavy (non-hydrogen) atoms. The van der Waals surface area contributed by atoms with Crippen LogP contribution in [0, 0.1) is 0 Å². The minimum absolute atomic E-state index is 0.0432. The molecule has 0 aromatic heterocycles. The molecule has 1 saturated heterocycles. The maximum atomic E-state index is 12.5. The van der Waals surface area contributed by atoms with E-state index in [2.05, 4.69) is 0 Å². The van der Waals surface area contributed by atoms with Crippen LogP contribution < -0.4 is 0 Å². The minimum atomic E-state index is -1.03. The Balaban J connectivity index is 1.65. The van der Waals surface area contributed by atoms with Crippen molar-refractivity contribution in [3.8, 4) is 0 Å². The summed E-state index contributed by atoms with van der Waals surface area (Å²) in [7, 11) is 1.39. The molecule has 0 unspecified atom stereocenters. The summed E-state index contributed by atoms with van der Waals surface area (Å²) in [6.07, 6.45) is -2.59. The van der Waals surface area contributed by atoms with Crippen LogP contribution in [0.5, 0.6) is 0 Å². The van der Waals surface area contributed by atoms with Crippen molar-refractivity contribution in [3.05, 3.63) is 67.6 Å². The lowest BCUT2D eigenvalue weighted by molar-refractivity contribution is -0.154. The number of carbonyl (C=O) groups excluding carboxylic acids is 1. The van der Waals surface area contributed by atoms with Crippen LogP contribution in [0.25, 0.3) is 0 Å². The fourth-order valence-corrected chi connectivity index (χ4v) is 3.91. The Morgan fingerprint density at radius 2 is 1.41 bits per heavy atom. The van der Waals surface area contributed by atoms with Gasteiger partial charge in [0.05, 0.1) is 19.8 Å². The second kappa shape index (κ2) is 10.4. The third kappa shape index (κ3) is 5.43. The van der Waals surface area contributed by atoms with Gasteiger partial charge in [0.2, 0.25) is 12.1 Å². The van der Waals surface area contributed by atoms with Gasteiger partial charge in [0.25, 0.3) is 0 Å².